The van der Waals surface area contributed by atoms with Crippen LogP contribution in [0.2, 0.25) is 0 Å². The monoisotopic (exact) mass is 217 g/mol. The minimum atomic E-state index is 0.0167. The molecule has 16 heavy (non-hydrogen) atoms. The largest absolute Gasteiger partial charge is 0.444 e. The molecule has 2 aromatic rings. The molecule has 0 amide bonds. The first-order valence-electron chi connectivity index (χ1n) is 5.26. The highest BCUT2D eigenvalue weighted by atomic mass is 16.4. The summed E-state index contributed by atoms with van der Waals surface area (Å²) in [6.07, 6.45) is 3.50. The van der Waals surface area contributed by atoms with Gasteiger partial charge in [0.1, 0.15) is 17.6 Å². The van der Waals surface area contributed by atoms with Crippen molar-refractivity contribution in [3.63, 3.8) is 0 Å². The van der Waals surface area contributed by atoms with Crippen LogP contribution in [0.25, 0.3) is 0 Å². The maximum absolute atomic E-state index is 5.45. The summed E-state index contributed by atoms with van der Waals surface area (Å²) in [5.74, 6) is 2.34. The van der Waals surface area contributed by atoms with Gasteiger partial charge in [-0.1, -0.05) is 0 Å². The standard InChI is InChI=1S/C12H15N3O/c1-8-4-5-13-11(6-8)15-10(3)12-14-7-9(2)16-12/h4-7,10H,1-3H3,(H,13,15). The molecule has 2 rings (SSSR count). The van der Waals surface area contributed by atoms with E-state index in [1.807, 2.05) is 32.9 Å². The Morgan fingerprint density at radius 1 is 1.31 bits per heavy atom. The lowest BCUT2D eigenvalue weighted by atomic mass is 10.3. The second kappa shape index (κ2) is 4.35. The average Bonchev–Trinajstić information content (AvgIpc) is 2.65. The van der Waals surface area contributed by atoms with Crippen molar-refractivity contribution in [3.05, 3.63) is 41.7 Å². The lowest BCUT2D eigenvalue weighted by molar-refractivity contribution is 0.453. The van der Waals surface area contributed by atoms with Crippen LogP contribution in [0.5, 0.6) is 0 Å². The first-order valence-corrected chi connectivity index (χ1v) is 5.26. The SMILES string of the molecule is Cc1ccnc(NC(C)c2ncc(C)o2)c1. The van der Waals surface area contributed by atoms with Crippen LogP contribution in [0, 0.1) is 13.8 Å². The molecule has 0 saturated carbocycles. The normalized spacial score (nSPS) is 12.4. The van der Waals surface area contributed by atoms with Crippen LogP contribution in [0.1, 0.15) is 30.2 Å². The molecule has 4 nitrogen and oxygen atoms in total. The minimum Gasteiger partial charge on any atom is -0.444 e. The van der Waals surface area contributed by atoms with Crippen molar-refractivity contribution < 1.29 is 4.42 Å². The Labute approximate surface area is 94.7 Å². The topological polar surface area (TPSA) is 51.0 Å². The van der Waals surface area contributed by atoms with E-state index in [9.17, 15) is 0 Å². The zero-order valence-electron chi connectivity index (χ0n) is 9.69. The van der Waals surface area contributed by atoms with Crippen molar-refractivity contribution >= 4 is 5.82 Å². The van der Waals surface area contributed by atoms with E-state index >= 15 is 0 Å². The summed E-state index contributed by atoms with van der Waals surface area (Å²) >= 11 is 0. The Balaban J connectivity index is 2.10. The van der Waals surface area contributed by atoms with Crippen molar-refractivity contribution in [1.29, 1.82) is 0 Å². The smallest absolute Gasteiger partial charge is 0.216 e. The summed E-state index contributed by atoms with van der Waals surface area (Å²) in [4.78, 5) is 8.41. The van der Waals surface area contributed by atoms with Gasteiger partial charge in [0.05, 0.1) is 6.20 Å². The van der Waals surface area contributed by atoms with Gasteiger partial charge in [0.15, 0.2) is 0 Å². The predicted molar refractivity (Wildman–Crippen MR) is 62.3 cm³/mol. The van der Waals surface area contributed by atoms with Crippen LogP contribution < -0.4 is 5.32 Å². The van der Waals surface area contributed by atoms with Crippen molar-refractivity contribution in [2.45, 2.75) is 26.8 Å². The van der Waals surface area contributed by atoms with E-state index in [-0.39, 0.29) is 6.04 Å². The van der Waals surface area contributed by atoms with Crippen molar-refractivity contribution in [1.82, 2.24) is 9.97 Å². The number of nitrogens with zero attached hydrogens (tertiary/aromatic N) is 2. The second-order valence-electron chi connectivity index (χ2n) is 3.89. The molecule has 4 heteroatoms. The van der Waals surface area contributed by atoms with Gasteiger partial charge in [0.25, 0.3) is 0 Å². The third-order valence-corrected chi connectivity index (χ3v) is 2.29. The fourth-order valence-corrected chi connectivity index (χ4v) is 1.47. The number of hydrogen-bond acceptors (Lipinski definition) is 4. The van der Waals surface area contributed by atoms with Gasteiger partial charge in [-0.05, 0) is 38.5 Å². The molecule has 84 valence electrons. The molecule has 0 aliphatic carbocycles. The highest BCUT2D eigenvalue weighted by molar-refractivity contribution is 5.38. The Bertz CT molecular complexity index is 479. The fraction of sp³-hybridized carbons (Fsp3) is 0.333. The number of nitrogens with one attached hydrogen (secondary N) is 1. The van der Waals surface area contributed by atoms with E-state index in [0.717, 1.165) is 11.6 Å². The van der Waals surface area contributed by atoms with Crippen molar-refractivity contribution in [3.8, 4) is 0 Å². The summed E-state index contributed by atoms with van der Waals surface area (Å²) < 4.78 is 5.45. The van der Waals surface area contributed by atoms with E-state index in [1.54, 1.807) is 12.4 Å². The number of anilines is 1. The predicted octanol–water partition coefficient (Wildman–Crippen LogP) is 2.86. The van der Waals surface area contributed by atoms with Crippen LogP contribution in [-0.4, -0.2) is 9.97 Å². The Hall–Kier alpha value is -1.84. The first-order chi connectivity index (χ1) is 7.65. The van der Waals surface area contributed by atoms with Gasteiger partial charge < -0.3 is 9.73 Å². The van der Waals surface area contributed by atoms with Gasteiger partial charge in [0.2, 0.25) is 5.89 Å². The maximum Gasteiger partial charge on any atom is 0.216 e. The van der Waals surface area contributed by atoms with E-state index in [2.05, 4.69) is 15.3 Å². The highest BCUT2D eigenvalue weighted by Gasteiger charge is 2.11. The van der Waals surface area contributed by atoms with Crippen molar-refractivity contribution in [2.75, 3.05) is 5.32 Å². The number of hydrogen-bond donors (Lipinski definition) is 1. The molecule has 0 bridgehead atoms. The molecule has 0 spiro atoms. The molecule has 0 aliphatic rings. The molecule has 1 atom stereocenters. The van der Waals surface area contributed by atoms with Gasteiger partial charge in [-0.2, -0.15) is 0 Å². The summed E-state index contributed by atoms with van der Waals surface area (Å²) in [5.41, 5.74) is 1.17. The van der Waals surface area contributed by atoms with E-state index < -0.39 is 0 Å². The number of pyridine rings is 1. The molecule has 0 saturated heterocycles. The van der Waals surface area contributed by atoms with E-state index in [4.69, 9.17) is 4.42 Å². The zero-order valence-corrected chi connectivity index (χ0v) is 9.69. The van der Waals surface area contributed by atoms with Crippen LogP contribution in [0.15, 0.2) is 28.9 Å². The number of aromatic nitrogens is 2. The minimum absolute atomic E-state index is 0.0167. The van der Waals surface area contributed by atoms with Crippen LogP contribution >= 0.6 is 0 Å². The van der Waals surface area contributed by atoms with Crippen LogP contribution in [0.4, 0.5) is 5.82 Å². The third-order valence-electron chi connectivity index (χ3n) is 2.29. The van der Waals surface area contributed by atoms with Crippen molar-refractivity contribution in [2.24, 2.45) is 0 Å². The van der Waals surface area contributed by atoms with Gasteiger partial charge >= 0.3 is 0 Å². The Morgan fingerprint density at radius 3 is 2.75 bits per heavy atom. The molecule has 1 unspecified atom stereocenters. The molecule has 0 aliphatic heterocycles. The maximum atomic E-state index is 5.45. The lowest BCUT2D eigenvalue weighted by Crippen LogP contribution is -2.08. The molecule has 2 aromatic heterocycles. The average molecular weight is 217 g/mol. The summed E-state index contributed by atoms with van der Waals surface area (Å²) in [5, 5.41) is 3.24. The molecule has 0 aromatic carbocycles. The Kier molecular flexibility index (Phi) is 2.90. The van der Waals surface area contributed by atoms with Gasteiger partial charge in [-0.15, -0.1) is 0 Å². The van der Waals surface area contributed by atoms with E-state index in [0.29, 0.717) is 5.89 Å². The summed E-state index contributed by atoms with van der Waals surface area (Å²) in [6.45, 7) is 5.91. The first kappa shape index (κ1) is 10.7. The Morgan fingerprint density at radius 2 is 2.12 bits per heavy atom. The molecule has 0 fully saturated rings. The van der Waals surface area contributed by atoms with Gasteiger partial charge in [-0.3, -0.25) is 0 Å². The summed E-state index contributed by atoms with van der Waals surface area (Å²) in [6, 6.07) is 3.97. The fourth-order valence-electron chi connectivity index (χ4n) is 1.47. The quantitative estimate of drug-likeness (QED) is 0.858. The van der Waals surface area contributed by atoms with Gasteiger partial charge in [-0.25, -0.2) is 9.97 Å². The van der Waals surface area contributed by atoms with Crippen LogP contribution in [-0.2, 0) is 0 Å². The summed E-state index contributed by atoms with van der Waals surface area (Å²) in [7, 11) is 0. The second-order valence-corrected chi connectivity index (χ2v) is 3.89. The molecule has 0 radical (unpaired) electrons. The highest BCUT2D eigenvalue weighted by Crippen LogP contribution is 2.17. The third kappa shape index (κ3) is 2.39. The molecular formula is C12H15N3O. The van der Waals surface area contributed by atoms with Crippen LogP contribution in [0.3, 0.4) is 0 Å². The zero-order chi connectivity index (χ0) is 11.5. The molecular weight excluding hydrogens is 202 g/mol. The molecule has 1 N–H and O–H groups in total. The van der Waals surface area contributed by atoms with E-state index in [1.165, 1.54) is 5.56 Å². The number of oxazole rings is 1. The number of rotatable bonds is 3. The molecule has 2 heterocycles. The van der Waals surface area contributed by atoms with Gasteiger partial charge in [0, 0.05) is 6.20 Å². The number of aryl methyl sites for hydroxylation is 2. The lowest BCUT2D eigenvalue weighted by Gasteiger charge is -2.11.